The van der Waals surface area contributed by atoms with Crippen LogP contribution in [0.4, 0.5) is 10.2 Å². The summed E-state index contributed by atoms with van der Waals surface area (Å²) in [7, 11) is 0. The molecule has 10 heteroatoms. The number of ether oxygens (including phenoxy) is 1. The first-order chi connectivity index (χ1) is 16.8. The molecule has 182 valence electrons. The third kappa shape index (κ3) is 5.95. The lowest BCUT2D eigenvalue weighted by atomic mass is 10.2. The number of halogens is 1. The number of hydrogen-bond donors (Lipinski definition) is 1. The first-order valence-corrected chi connectivity index (χ1v) is 12.4. The van der Waals surface area contributed by atoms with E-state index in [9.17, 15) is 14.0 Å². The summed E-state index contributed by atoms with van der Waals surface area (Å²) in [5.74, 6) is -0.258. The molecule has 3 heterocycles. The van der Waals surface area contributed by atoms with Crippen LogP contribution >= 0.6 is 24.0 Å². The highest BCUT2D eigenvalue weighted by molar-refractivity contribution is 8.26. The van der Waals surface area contributed by atoms with E-state index in [0.717, 1.165) is 23.7 Å². The molecule has 0 atom stereocenters. The van der Waals surface area contributed by atoms with Gasteiger partial charge in [-0.2, -0.15) is 0 Å². The van der Waals surface area contributed by atoms with Gasteiger partial charge in [-0.25, -0.2) is 9.37 Å². The minimum atomic E-state index is -0.348. The zero-order chi connectivity index (χ0) is 24.9. The quantitative estimate of drug-likeness (QED) is 0.258. The van der Waals surface area contributed by atoms with E-state index in [1.54, 1.807) is 36.5 Å². The minimum absolute atomic E-state index is 0.144. The number of thiocarbonyl (C=S) groups is 1. The standard InChI is InChI=1S/C25H25FN4O3S2/c1-16(2)33-13-5-11-27-22-19(23(31)29-12-4-3-6-21(29)28-22)14-20-24(32)30(25(34)35-20)15-17-7-9-18(26)10-8-17/h3-4,6-10,12,14,16,27H,5,11,13,15H2,1-2H3. The Bertz CT molecular complexity index is 1340. The first kappa shape index (κ1) is 25.0. The Labute approximate surface area is 212 Å². The van der Waals surface area contributed by atoms with Crippen LogP contribution in [-0.2, 0) is 16.1 Å². The maximum Gasteiger partial charge on any atom is 0.267 e. The number of amides is 1. The molecule has 0 saturated carbocycles. The van der Waals surface area contributed by atoms with Gasteiger partial charge in [0.15, 0.2) is 0 Å². The highest BCUT2D eigenvalue weighted by atomic mass is 32.2. The van der Waals surface area contributed by atoms with Crippen molar-refractivity contribution in [3.05, 3.63) is 80.9 Å². The van der Waals surface area contributed by atoms with Crippen molar-refractivity contribution in [2.75, 3.05) is 18.5 Å². The Balaban J connectivity index is 1.62. The number of thioether (sulfide) groups is 1. The molecule has 0 aliphatic carbocycles. The molecule has 1 amide bonds. The topological polar surface area (TPSA) is 75.9 Å². The second kappa shape index (κ2) is 11.1. The Morgan fingerprint density at radius 2 is 1.97 bits per heavy atom. The molecule has 1 aliphatic heterocycles. The molecule has 0 bridgehead atoms. The minimum Gasteiger partial charge on any atom is -0.379 e. The summed E-state index contributed by atoms with van der Waals surface area (Å²) in [6, 6.07) is 11.2. The number of carbonyl (C=O) groups excluding carboxylic acids is 1. The third-order valence-corrected chi connectivity index (χ3v) is 6.61. The van der Waals surface area contributed by atoms with Gasteiger partial charge in [0.2, 0.25) is 0 Å². The number of fused-ring (bicyclic) bond motifs is 1. The number of aromatic nitrogens is 2. The van der Waals surface area contributed by atoms with Gasteiger partial charge in [-0.05, 0) is 56.2 Å². The number of nitrogens with zero attached hydrogens (tertiary/aromatic N) is 3. The average Bonchev–Trinajstić information content (AvgIpc) is 3.09. The first-order valence-electron chi connectivity index (χ1n) is 11.2. The van der Waals surface area contributed by atoms with Crippen molar-refractivity contribution in [2.45, 2.75) is 32.9 Å². The molecule has 1 aliphatic rings. The van der Waals surface area contributed by atoms with E-state index >= 15 is 0 Å². The van der Waals surface area contributed by atoms with Crippen molar-refractivity contribution in [1.82, 2.24) is 14.3 Å². The van der Waals surface area contributed by atoms with Gasteiger partial charge >= 0.3 is 0 Å². The van der Waals surface area contributed by atoms with E-state index in [1.807, 2.05) is 19.9 Å². The largest absolute Gasteiger partial charge is 0.379 e. The molecule has 1 saturated heterocycles. The summed E-state index contributed by atoms with van der Waals surface area (Å²) < 4.78 is 20.6. The number of hydrogen-bond acceptors (Lipinski definition) is 7. The number of pyridine rings is 1. The molecule has 7 nitrogen and oxygen atoms in total. The van der Waals surface area contributed by atoms with Gasteiger partial charge in [0.05, 0.1) is 23.1 Å². The van der Waals surface area contributed by atoms with Gasteiger partial charge in [0.25, 0.3) is 11.5 Å². The summed E-state index contributed by atoms with van der Waals surface area (Å²) >= 11 is 6.55. The summed E-state index contributed by atoms with van der Waals surface area (Å²) in [5, 5.41) is 3.22. The second-order valence-corrected chi connectivity index (χ2v) is 9.88. The Kier molecular flexibility index (Phi) is 7.94. The number of rotatable bonds is 9. The second-order valence-electron chi connectivity index (χ2n) is 8.20. The van der Waals surface area contributed by atoms with E-state index in [1.165, 1.54) is 21.4 Å². The van der Waals surface area contributed by atoms with Crippen molar-refractivity contribution in [3.8, 4) is 0 Å². The van der Waals surface area contributed by atoms with E-state index in [-0.39, 0.29) is 35.5 Å². The fourth-order valence-electron chi connectivity index (χ4n) is 3.51. The predicted octanol–water partition coefficient (Wildman–Crippen LogP) is 4.46. The third-order valence-electron chi connectivity index (χ3n) is 5.24. The van der Waals surface area contributed by atoms with Crippen LogP contribution in [0, 0.1) is 5.82 Å². The number of anilines is 1. The summed E-state index contributed by atoms with van der Waals surface area (Å²) in [5.41, 5.74) is 1.24. The maximum absolute atomic E-state index is 13.3. The molecule has 4 rings (SSSR count). The average molecular weight is 513 g/mol. The molecule has 1 N–H and O–H groups in total. The van der Waals surface area contributed by atoms with E-state index in [4.69, 9.17) is 17.0 Å². The van der Waals surface area contributed by atoms with E-state index in [0.29, 0.717) is 33.8 Å². The van der Waals surface area contributed by atoms with Crippen molar-refractivity contribution < 1.29 is 13.9 Å². The molecule has 3 aromatic rings. The summed E-state index contributed by atoms with van der Waals surface area (Å²) in [4.78, 5) is 32.9. The number of benzene rings is 1. The van der Waals surface area contributed by atoms with Crippen molar-refractivity contribution in [1.29, 1.82) is 0 Å². The zero-order valence-electron chi connectivity index (χ0n) is 19.4. The van der Waals surface area contributed by atoms with E-state index in [2.05, 4.69) is 10.3 Å². The molecule has 0 unspecified atom stereocenters. The van der Waals surface area contributed by atoms with Crippen LogP contribution in [0.25, 0.3) is 11.7 Å². The van der Waals surface area contributed by atoms with E-state index < -0.39 is 0 Å². The van der Waals surface area contributed by atoms with Gasteiger partial charge in [-0.3, -0.25) is 18.9 Å². The molecular formula is C25H25FN4O3S2. The maximum atomic E-state index is 13.3. The fraction of sp³-hybridized carbons (Fsp3) is 0.280. The van der Waals surface area contributed by atoms with Crippen LogP contribution in [0.1, 0.15) is 31.4 Å². The van der Waals surface area contributed by atoms with Crippen molar-refractivity contribution in [3.63, 3.8) is 0 Å². The van der Waals surface area contributed by atoms with Crippen LogP contribution in [0.5, 0.6) is 0 Å². The molecule has 1 fully saturated rings. The predicted molar refractivity (Wildman–Crippen MR) is 141 cm³/mol. The Hall–Kier alpha value is -3.08. The van der Waals surface area contributed by atoms with Gasteiger partial charge in [0.1, 0.15) is 21.6 Å². The Morgan fingerprint density at radius 3 is 2.71 bits per heavy atom. The zero-order valence-corrected chi connectivity index (χ0v) is 21.0. The molecule has 35 heavy (non-hydrogen) atoms. The number of nitrogens with one attached hydrogen (secondary N) is 1. The van der Waals surface area contributed by atoms with Gasteiger partial charge < -0.3 is 10.1 Å². The monoisotopic (exact) mass is 512 g/mol. The van der Waals surface area contributed by atoms with Gasteiger partial charge in [0, 0.05) is 19.3 Å². The van der Waals surface area contributed by atoms with Crippen LogP contribution in [0.2, 0.25) is 0 Å². The van der Waals surface area contributed by atoms with Crippen LogP contribution in [0.15, 0.2) is 58.4 Å². The van der Waals surface area contributed by atoms with Gasteiger partial charge in [-0.1, -0.05) is 42.2 Å². The van der Waals surface area contributed by atoms with Gasteiger partial charge in [-0.15, -0.1) is 0 Å². The molecular weight excluding hydrogens is 487 g/mol. The fourth-order valence-corrected chi connectivity index (χ4v) is 4.74. The highest BCUT2D eigenvalue weighted by Gasteiger charge is 2.32. The molecule has 1 aromatic carbocycles. The van der Waals surface area contributed by atoms with Crippen molar-refractivity contribution >= 4 is 51.7 Å². The lowest BCUT2D eigenvalue weighted by Crippen LogP contribution is -2.27. The summed E-state index contributed by atoms with van der Waals surface area (Å²) in [6.45, 7) is 5.30. The normalized spacial score (nSPS) is 15.1. The smallest absolute Gasteiger partial charge is 0.267 e. The lowest BCUT2D eigenvalue weighted by molar-refractivity contribution is -0.122. The molecule has 0 spiro atoms. The lowest BCUT2D eigenvalue weighted by Gasteiger charge is -2.14. The Morgan fingerprint density at radius 1 is 1.20 bits per heavy atom. The van der Waals surface area contributed by atoms with Crippen LogP contribution < -0.4 is 10.9 Å². The molecule has 2 aromatic heterocycles. The van der Waals surface area contributed by atoms with Crippen LogP contribution in [0.3, 0.4) is 0 Å². The summed E-state index contributed by atoms with van der Waals surface area (Å²) in [6.07, 6.45) is 4.06. The highest BCUT2D eigenvalue weighted by Crippen LogP contribution is 2.34. The van der Waals surface area contributed by atoms with Crippen LogP contribution in [-0.4, -0.2) is 43.8 Å². The molecule has 0 radical (unpaired) electrons. The number of carbonyl (C=O) groups is 1. The SMILES string of the molecule is CC(C)OCCCNc1nc2ccccn2c(=O)c1C=C1SC(=S)N(Cc2ccc(F)cc2)C1=O. The van der Waals surface area contributed by atoms with Crippen molar-refractivity contribution in [2.24, 2.45) is 0 Å².